The minimum atomic E-state index is -1.68. The van der Waals surface area contributed by atoms with E-state index in [2.05, 4.69) is 10.3 Å². The van der Waals surface area contributed by atoms with Crippen LogP contribution in [0, 0.1) is 0 Å². The second kappa shape index (κ2) is 6.00. The number of rotatable bonds is 3. The molecule has 5 N–H and O–H groups in total. The molecule has 1 aliphatic heterocycles. The number of pyridine rings is 1. The molecule has 1 aliphatic rings. The lowest BCUT2D eigenvalue weighted by molar-refractivity contribution is 0.0697. The number of nitrogen functional groups attached to an aromatic ring is 1. The van der Waals surface area contributed by atoms with Gasteiger partial charge < -0.3 is 25.8 Å². The summed E-state index contributed by atoms with van der Waals surface area (Å²) in [6, 6.07) is 1.38. The number of carbonyl (C=O) groups excluding carboxylic acids is 1. The van der Waals surface area contributed by atoms with Crippen molar-refractivity contribution in [1.29, 1.82) is 0 Å². The molecular weight excluding hydrogens is 249 g/mol. The molecule has 0 aromatic carbocycles. The number of nitrogens with two attached hydrogens (primary N) is 1. The van der Waals surface area contributed by atoms with Crippen molar-refractivity contribution in [2.24, 2.45) is 0 Å². The van der Waals surface area contributed by atoms with Crippen molar-refractivity contribution in [1.82, 2.24) is 10.3 Å². The van der Waals surface area contributed by atoms with Crippen LogP contribution in [-0.4, -0.2) is 47.3 Å². The minimum absolute atomic E-state index is 0.0448. The van der Waals surface area contributed by atoms with Crippen LogP contribution in [-0.2, 0) is 4.74 Å². The molecule has 2 rings (SSSR count). The van der Waals surface area contributed by atoms with E-state index in [4.69, 9.17) is 20.5 Å². The normalized spacial score (nSPS) is 16.1. The van der Waals surface area contributed by atoms with Crippen LogP contribution in [0.1, 0.15) is 23.2 Å². The smallest absolute Gasteiger partial charge is 0.423 e. The molecule has 1 aromatic heterocycles. The Morgan fingerprint density at radius 1 is 1.47 bits per heavy atom. The van der Waals surface area contributed by atoms with Crippen LogP contribution in [0.2, 0.25) is 0 Å². The van der Waals surface area contributed by atoms with E-state index < -0.39 is 7.12 Å². The molecule has 102 valence electrons. The fraction of sp³-hybridized carbons (Fsp3) is 0.455. The first-order valence-electron chi connectivity index (χ1n) is 6.08. The first-order valence-corrected chi connectivity index (χ1v) is 6.08. The quantitative estimate of drug-likeness (QED) is 0.481. The molecule has 0 unspecified atom stereocenters. The maximum absolute atomic E-state index is 12.1. The molecule has 0 atom stereocenters. The molecule has 1 amide bonds. The summed E-state index contributed by atoms with van der Waals surface area (Å²) >= 11 is 0. The highest BCUT2D eigenvalue weighted by Crippen LogP contribution is 2.10. The molecule has 0 bridgehead atoms. The zero-order valence-corrected chi connectivity index (χ0v) is 10.4. The van der Waals surface area contributed by atoms with E-state index >= 15 is 0 Å². The van der Waals surface area contributed by atoms with Gasteiger partial charge in [0.25, 0.3) is 5.91 Å². The summed E-state index contributed by atoms with van der Waals surface area (Å²) in [5.74, 6) is -0.298. The molecule has 0 spiro atoms. The Kier molecular flexibility index (Phi) is 4.36. The lowest BCUT2D eigenvalue weighted by Crippen LogP contribution is -2.40. The Bertz CT molecular complexity index is 463. The molecule has 1 fully saturated rings. The SMILES string of the molecule is Nc1ncc(B(O)O)cc1C(=O)NC1CCOCC1. The third-order valence-electron chi connectivity index (χ3n) is 3.04. The first-order chi connectivity index (χ1) is 9.08. The molecule has 0 saturated carbocycles. The van der Waals surface area contributed by atoms with Crippen LogP contribution in [0.5, 0.6) is 0 Å². The van der Waals surface area contributed by atoms with Crippen molar-refractivity contribution < 1.29 is 19.6 Å². The van der Waals surface area contributed by atoms with Gasteiger partial charge in [0, 0.05) is 30.9 Å². The van der Waals surface area contributed by atoms with E-state index in [0.29, 0.717) is 13.2 Å². The van der Waals surface area contributed by atoms with Crippen molar-refractivity contribution in [3.8, 4) is 0 Å². The summed E-state index contributed by atoms with van der Waals surface area (Å²) in [5, 5.41) is 21.0. The molecule has 1 aromatic rings. The van der Waals surface area contributed by atoms with Gasteiger partial charge in [-0.05, 0) is 18.9 Å². The Morgan fingerprint density at radius 3 is 2.79 bits per heavy atom. The van der Waals surface area contributed by atoms with Gasteiger partial charge in [0.15, 0.2) is 0 Å². The molecule has 2 heterocycles. The van der Waals surface area contributed by atoms with E-state index in [9.17, 15) is 4.79 Å². The second-order valence-corrected chi connectivity index (χ2v) is 4.44. The Balaban J connectivity index is 2.11. The number of nitrogens with one attached hydrogen (secondary N) is 1. The summed E-state index contributed by atoms with van der Waals surface area (Å²) in [7, 11) is -1.68. The monoisotopic (exact) mass is 265 g/mol. The maximum Gasteiger partial charge on any atom is 0.490 e. The number of carbonyl (C=O) groups is 1. The van der Waals surface area contributed by atoms with Gasteiger partial charge >= 0.3 is 7.12 Å². The fourth-order valence-electron chi connectivity index (χ4n) is 1.92. The number of anilines is 1. The zero-order chi connectivity index (χ0) is 13.8. The van der Waals surface area contributed by atoms with E-state index in [0.717, 1.165) is 12.8 Å². The average Bonchev–Trinajstić information content (AvgIpc) is 2.40. The average molecular weight is 265 g/mol. The Morgan fingerprint density at radius 2 is 2.16 bits per heavy atom. The Labute approximate surface area is 110 Å². The number of hydrogen-bond donors (Lipinski definition) is 4. The van der Waals surface area contributed by atoms with E-state index in [1.165, 1.54) is 12.3 Å². The van der Waals surface area contributed by atoms with Gasteiger partial charge in [-0.2, -0.15) is 0 Å². The van der Waals surface area contributed by atoms with Crippen molar-refractivity contribution in [2.75, 3.05) is 18.9 Å². The van der Waals surface area contributed by atoms with E-state index in [1.54, 1.807) is 0 Å². The number of aromatic nitrogens is 1. The largest absolute Gasteiger partial charge is 0.490 e. The van der Waals surface area contributed by atoms with Gasteiger partial charge in [0.1, 0.15) is 5.82 Å². The van der Waals surface area contributed by atoms with Gasteiger partial charge in [-0.1, -0.05) is 0 Å². The Hall–Kier alpha value is -1.64. The lowest BCUT2D eigenvalue weighted by atomic mass is 9.81. The molecule has 8 heteroatoms. The third-order valence-corrected chi connectivity index (χ3v) is 3.04. The van der Waals surface area contributed by atoms with Gasteiger partial charge in [0.05, 0.1) is 5.56 Å². The topological polar surface area (TPSA) is 118 Å². The van der Waals surface area contributed by atoms with Gasteiger partial charge in [-0.15, -0.1) is 0 Å². The summed E-state index contributed by atoms with van der Waals surface area (Å²) in [6.45, 7) is 1.24. The highest BCUT2D eigenvalue weighted by molar-refractivity contribution is 6.58. The highest BCUT2D eigenvalue weighted by Gasteiger charge is 2.21. The van der Waals surface area contributed by atoms with Crippen LogP contribution < -0.4 is 16.5 Å². The summed E-state index contributed by atoms with van der Waals surface area (Å²) in [6.07, 6.45) is 2.73. The van der Waals surface area contributed by atoms with Crippen molar-refractivity contribution in [3.63, 3.8) is 0 Å². The second-order valence-electron chi connectivity index (χ2n) is 4.44. The molecule has 0 aliphatic carbocycles. The van der Waals surface area contributed by atoms with Crippen LogP contribution >= 0.6 is 0 Å². The molecule has 1 saturated heterocycles. The number of nitrogens with zero attached hydrogens (tertiary/aromatic N) is 1. The minimum Gasteiger partial charge on any atom is -0.423 e. The number of amides is 1. The molecular formula is C11H16BN3O4. The number of hydrogen-bond acceptors (Lipinski definition) is 6. The van der Waals surface area contributed by atoms with Gasteiger partial charge in [-0.25, -0.2) is 4.98 Å². The fourth-order valence-corrected chi connectivity index (χ4v) is 1.92. The lowest BCUT2D eigenvalue weighted by Gasteiger charge is -2.23. The van der Waals surface area contributed by atoms with E-state index in [1.807, 2.05) is 0 Å². The zero-order valence-electron chi connectivity index (χ0n) is 10.4. The summed E-state index contributed by atoms with van der Waals surface area (Å²) in [4.78, 5) is 15.9. The molecule has 0 radical (unpaired) electrons. The predicted molar refractivity (Wildman–Crippen MR) is 69.8 cm³/mol. The summed E-state index contributed by atoms with van der Waals surface area (Å²) in [5.41, 5.74) is 5.92. The highest BCUT2D eigenvalue weighted by atomic mass is 16.5. The van der Waals surface area contributed by atoms with Gasteiger partial charge in [0.2, 0.25) is 0 Å². The molecule has 7 nitrogen and oxygen atoms in total. The van der Waals surface area contributed by atoms with Crippen molar-refractivity contribution in [3.05, 3.63) is 17.8 Å². The van der Waals surface area contributed by atoms with Crippen LogP contribution in [0.25, 0.3) is 0 Å². The van der Waals surface area contributed by atoms with Crippen LogP contribution in [0.3, 0.4) is 0 Å². The molecule has 19 heavy (non-hydrogen) atoms. The van der Waals surface area contributed by atoms with Crippen molar-refractivity contribution >= 4 is 24.3 Å². The maximum atomic E-state index is 12.1. The van der Waals surface area contributed by atoms with Gasteiger partial charge in [-0.3, -0.25) is 4.79 Å². The van der Waals surface area contributed by atoms with E-state index in [-0.39, 0.29) is 28.8 Å². The van der Waals surface area contributed by atoms with Crippen LogP contribution in [0.4, 0.5) is 5.82 Å². The standard InChI is InChI=1S/C11H16BN3O4/c13-10-9(5-7(6-14-10)12(17)18)11(16)15-8-1-3-19-4-2-8/h5-6,8,17-18H,1-4H2,(H2,13,14)(H,15,16). The first kappa shape index (κ1) is 13.8. The third kappa shape index (κ3) is 3.43. The van der Waals surface area contributed by atoms with Crippen molar-refractivity contribution in [2.45, 2.75) is 18.9 Å². The van der Waals surface area contributed by atoms with Crippen LogP contribution in [0.15, 0.2) is 12.3 Å². The predicted octanol–water partition coefficient (Wildman–Crippen LogP) is -1.75. The number of ether oxygens (including phenoxy) is 1. The summed E-state index contributed by atoms with van der Waals surface area (Å²) < 4.78 is 5.21.